The van der Waals surface area contributed by atoms with Crippen molar-refractivity contribution in [3.05, 3.63) is 52.1 Å². The molecule has 0 radical (unpaired) electrons. The Kier molecular flexibility index (Phi) is 4.42. The van der Waals surface area contributed by atoms with E-state index in [-0.39, 0.29) is 4.90 Å². The fourth-order valence-corrected chi connectivity index (χ4v) is 2.36. The Labute approximate surface area is 126 Å². The Morgan fingerprint density at radius 3 is 2.50 bits per heavy atom. The van der Waals surface area contributed by atoms with Crippen LogP contribution in [0.4, 0.5) is 5.82 Å². The van der Waals surface area contributed by atoms with Crippen molar-refractivity contribution in [1.29, 1.82) is 0 Å². The van der Waals surface area contributed by atoms with E-state index >= 15 is 0 Å². The summed E-state index contributed by atoms with van der Waals surface area (Å²) < 4.78 is 23.2. The maximum absolute atomic E-state index is 11.1. The fraction of sp³-hybridized carbons (Fsp3) is 0.154. The van der Waals surface area contributed by atoms with Gasteiger partial charge in [0, 0.05) is 17.2 Å². The van der Waals surface area contributed by atoms with E-state index < -0.39 is 10.0 Å². The first-order chi connectivity index (χ1) is 9.36. The van der Waals surface area contributed by atoms with Crippen molar-refractivity contribution in [2.75, 3.05) is 5.32 Å². The number of hydrogen-bond acceptors (Lipinski definition) is 4. The van der Waals surface area contributed by atoms with Gasteiger partial charge < -0.3 is 5.32 Å². The lowest BCUT2D eigenvalue weighted by Crippen LogP contribution is -2.12. The van der Waals surface area contributed by atoms with Crippen LogP contribution in [-0.4, -0.2) is 13.4 Å². The molecule has 0 amide bonds. The number of primary sulfonamides is 1. The highest BCUT2D eigenvalue weighted by Gasteiger charge is 2.06. The Hall–Kier alpha value is -1.44. The number of pyridine rings is 1. The number of aromatic nitrogens is 1. The number of rotatable bonds is 4. The van der Waals surface area contributed by atoms with Crippen LogP contribution in [0.2, 0.25) is 0 Å². The van der Waals surface area contributed by atoms with Crippen LogP contribution >= 0.6 is 15.9 Å². The van der Waals surface area contributed by atoms with Crippen LogP contribution in [0.15, 0.2) is 45.9 Å². The number of sulfonamides is 1. The number of nitrogens with two attached hydrogens (primary N) is 1. The molecule has 5 nitrogen and oxygen atoms in total. The summed E-state index contributed by atoms with van der Waals surface area (Å²) >= 11 is 3.39. The standard InChI is InChI=1S/C13H14BrN3O2S/c1-9-6-13(17-8-12(9)14)16-7-10-2-4-11(5-3-10)20(15,18)19/h2-6,8H,7H2,1H3,(H,16,17)(H2,15,18,19). The summed E-state index contributed by atoms with van der Waals surface area (Å²) in [5.41, 5.74) is 2.03. The van der Waals surface area contributed by atoms with E-state index in [1.165, 1.54) is 12.1 Å². The topological polar surface area (TPSA) is 85.1 Å². The minimum Gasteiger partial charge on any atom is -0.366 e. The molecule has 0 spiro atoms. The maximum Gasteiger partial charge on any atom is 0.238 e. The molecule has 0 aliphatic carbocycles. The number of benzene rings is 1. The predicted octanol–water partition coefficient (Wildman–Crippen LogP) is 2.41. The SMILES string of the molecule is Cc1cc(NCc2ccc(S(N)(=O)=O)cc2)ncc1Br. The van der Waals surface area contributed by atoms with E-state index in [0.717, 1.165) is 21.4 Å². The second-order valence-corrected chi connectivity index (χ2v) is 6.78. The number of hydrogen-bond donors (Lipinski definition) is 2. The summed E-state index contributed by atoms with van der Waals surface area (Å²) in [4.78, 5) is 4.35. The molecule has 0 saturated heterocycles. The van der Waals surface area contributed by atoms with E-state index in [4.69, 9.17) is 5.14 Å². The van der Waals surface area contributed by atoms with Gasteiger partial charge >= 0.3 is 0 Å². The van der Waals surface area contributed by atoms with Crippen molar-refractivity contribution < 1.29 is 8.42 Å². The van der Waals surface area contributed by atoms with Gasteiger partial charge in [0.2, 0.25) is 10.0 Å². The van der Waals surface area contributed by atoms with Gasteiger partial charge in [-0.15, -0.1) is 0 Å². The average molecular weight is 356 g/mol. The predicted molar refractivity (Wildman–Crippen MR) is 81.8 cm³/mol. The molecule has 1 heterocycles. The molecule has 7 heteroatoms. The summed E-state index contributed by atoms with van der Waals surface area (Å²) in [6, 6.07) is 8.36. The Balaban J connectivity index is 2.06. The first-order valence-electron chi connectivity index (χ1n) is 5.84. The summed E-state index contributed by atoms with van der Waals surface area (Å²) in [6.07, 6.45) is 1.74. The Bertz CT molecular complexity index is 715. The minimum atomic E-state index is -3.64. The number of nitrogens with one attached hydrogen (secondary N) is 1. The molecular weight excluding hydrogens is 342 g/mol. The molecule has 20 heavy (non-hydrogen) atoms. The van der Waals surface area contributed by atoms with Gasteiger partial charge in [-0.05, 0) is 52.2 Å². The first-order valence-corrected chi connectivity index (χ1v) is 8.18. The molecule has 0 aliphatic rings. The summed E-state index contributed by atoms with van der Waals surface area (Å²) in [7, 11) is -3.64. The highest BCUT2D eigenvalue weighted by Crippen LogP contribution is 2.18. The van der Waals surface area contributed by atoms with Crippen LogP contribution < -0.4 is 10.5 Å². The van der Waals surface area contributed by atoms with Gasteiger partial charge in [0.15, 0.2) is 0 Å². The molecule has 1 aromatic heterocycles. The highest BCUT2D eigenvalue weighted by molar-refractivity contribution is 9.10. The Morgan fingerprint density at radius 2 is 1.95 bits per heavy atom. The normalized spacial score (nSPS) is 11.3. The lowest BCUT2D eigenvalue weighted by Gasteiger charge is -2.07. The zero-order chi connectivity index (χ0) is 14.8. The number of anilines is 1. The molecule has 2 rings (SSSR count). The van der Waals surface area contributed by atoms with Crippen molar-refractivity contribution in [2.45, 2.75) is 18.4 Å². The lowest BCUT2D eigenvalue weighted by atomic mass is 10.2. The van der Waals surface area contributed by atoms with Crippen LogP contribution in [0.25, 0.3) is 0 Å². The van der Waals surface area contributed by atoms with E-state index in [2.05, 4.69) is 26.2 Å². The first kappa shape index (κ1) is 15.0. The zero-order valence-electron chi connectivity index (χ0n) is 10.8. The molecular formula is C13H14BrN3O2S. The third-order valence-corrected chi connectivity index (χ3v) is 4.53. The molecule has 2 aromatic rings. The quantitative estimate of drug-likeness (QED) is 0.881. The molecule has 3 N–H and O–H groups in total. The highest BCUT2D eigenvalue weighted by atomic mass is 79.9. The van der Waals surface area contributed by atoms with E-state index in [1.807, 2.05) is 13.0 Å². The molecule has 0 atom stereocenters. The summed E-state index contributed by atoms with van der Waals surface area (Å²) in [5, 5.41) is 8.22. The molecule has 1 aromatic carbocycles. The van der Waals surface area contributed by atoms with Gasteiger partial charge in [-0.1, -0.05) is 12.1 Å². The van der Waals surface area contributed by atoms with Crippen LogP contribution in [0.1, 0.15) is 11.1 Å². The van der Waals surface area contributed by atoms with E-state index in [1.54, 1.807) is 18.3 Å². The van der Waals surface area contributed by atoms with E-state index in [0.29, 0.717) is 6.54 Å². The Morgan fingerprint density at radius 1 is 1.30 bits per heavy atom. The van der Waals surface area contributed by atoms with E-state index in [9.17, 15) is 8.42 Å². The van der Waals surface area contributed by atoms with Gasteiger partial charge in [0.05, 0.1) is 4.90 Å². The number of nitrogens with zero attached hydrogens (tertiary/aromatic N) is 1. The van der Waals surface area contributed by atoms with Gasteiger partial charge in [-0.3, -0.25) is 0 Å². The molecule has 0 unspecified atom stereocenters. The molecule has 0 bridgehead atoms. The second kappa shape index (κ2) is 5.90. The molecule has 106 valence electrons. The third kappa shape index (κ3) is 3.78. The smallest absolute Gasteiger partial charge is 0.238 e. The van der Waals surface area contributed by atoms with Crippen molar-refractivity contribution in [2.24, 2.45) is 5.14 Å². The molecule has 0 aliphatic heterocycles. The van der Waals surface area contributed by atoms with Crippen molar-refractivity contribution in [3.8, 4) is 0 Å². The van der Waals surface area contributed by atoms with Crippen LogP contribution in [0.5, 0.6) is 0 Å². The molecule has 0 saturated carbocycles. The van der Waals surface area contributed by atoms with Gasteiger partial charge in [-0.2, -0.15) is 0 Å². The number of halogens is 1. The van der Waals surface area contributed by atoms with Crippen molar-refractivity contribution in [3.63, 3.8) is 0 Å². The van der Waals surface area contributed by atoms with Crippen molar-refractivity contribution >= 4 is 31.8 Å². The minimum absolute atomic E-state index is 0.110. The lowest BCUT2D eigenvalue weighted by molar-refractivity contribution is 0.598. The van der Waals surface area contributed by atoms with Crippen molar-refractivity contribution in [1.82, 2.24) is 4.98 Å². The second-order valence-electron chi connectivity index (χ2n) is 4.36. The molecule has 0 fully saturated rings. The monoisotopic (exact) mass is 355 g/mol. The van der Waals surface area contributed by atoms with Gasteiger partial charge in [0.25, 0.3) is 0 Å². The maximum atomic E-state index is 11.1. The summed E-state index contributed by atoms with van der Waals surface area (Å²) in [6.45, 7) is 2.54. The van der Waals surface area contributed by atoms with Crippen LogP contribution in [0.3, 0.4) is 0 Å². The zero-order valence-corrected chi connectivity index (χ0v) is 13.2. The fourth-order valence-electron chi connectivity index (χ4n) is 1.63. The van der Waals surface area contributed by atoms with Crippen LogP contribution in [-0.2, 0) is 16.6 Å². The van der Waals surface area contributed by atoms with Gasteiger partial charge in [-0.25, -0.2) is 18.5 Å². The summed E-state index contributed by atoms with van der Waals surface area (Å²) in [5.74, 6) is 0.765. The third-order valence-electron chi connectivity index (χ3n) is 2.77. The average Bonchev–Trinajstić information content (AvgIpc) is 2.40. The van der Waals surface area contributed by atoms with Gasteiger partial charge in [0.1, 0.15) is 5.82 Å². The largest absolute Gasteiger partial charge is 0.366 e. The number of aryl methyl sites for hydroxylation is 1. The van der Waals surface area contributed by atoms with Crippen LogP contribution in [0, 0.1) is 6.92 Å².